The fourth-order valence-electron chi connectivity index (χ4n) is 2.36. The molecule has 4 nitrogen and oxygen atoms in total. The summed E-state index contributed by atoms with van der Waals surface area (Å²) < 4.78 is 5.14. The molecule has 0 bridgehead atoms. The van der Waals surface area contributed by atoms with Crippen molar-refractivity contribution in [2.45, 2.75) is 12.8 Å². The molecule has 1 aromatic carbocycles. The topological polar surface area (TPSA) is 49.8 Å². The van der Waals surface area contributed by atoms with Gasteiger partial charge in [-0.1, -0.05) is 6.07 Å². The van der Waals surface area contributed by atoms with E-state index in [-0.39, 0.29) is 11.7 Å². The molecular formula is C14H19NO3. The summed E-state index contributed by atoms with van der Waals surface area (Å²) in [5.74, 6) is 0.695. The minimum absolute atomic E-state index is 0.00164. The molecule has 1 fully saturated rings. The number of hydrogen-bond acceptors (Lipinski definition) is 3. The molecule has 1 aromatic rings. The average molecular weight is 249 g/mol. The van der Waals surface area contributed by atoms with Gasteiger partial charge >= 0.3 is 0 Å². The predicted molar refractivity (Wildman–Crippen MR) is 68.6 cm³/mol. The Bertz CT molecular complexity index is 411. The number of methoxy groups -OCH3 is 1. The van der Waals surface area contributed by atoms with Gasteiger partial charge in [0.25, 0.3) is 5.91 Å². The lowest BCUT2D eigenvalue weighted by molar-refractivity contribution is 0.0613. The van der Waals surface area contributed by atoms with Crippen LogP contribution in [0.25, 0.3) is 0 Å². The van der Waals surface area contributed by atoms with Gasteiger partial charge in [-0.05, 0) is 37.0 Å². The van der Waals surface area contributed by atoms with Crippen LogP contribution in [0, 0.1) is 5.92 Å². The molecule has 0 atom stereocenters. The van der Waals surface area contributed by atoms with E-state index in [1.165, 1.54) is 6.07 Å². The van der Waals surface area contributed by atoms with Crippen LogP contribution in [0.1, 0.15) is 23.2 Å². The molecule has 0 radical (unpaired) electrons. The minimum atomic E-state index is 0.00164. The third-order valence-corrected chi connectivity index (χ3v) is 3.40. The summed E-state index contributed by atoms with van der Waals surface area (Å²) in [6, 6.07) is 6.52. The van der Waals surface area contributed by atoms with Gasteiger partial charge in [0.05, 0.1) is 0 Å². The first-order valence-electron chi connectivity index (χ1n) is 6.28. The number of hydrogen-bond donors (Lipinski definition) is 1. The number of likely N-dealkylation sites (tertiary alicyclic amines) is 1. The second-order valence-corrected chi connectivity index (χ2v) is 4.74. The molecule has 1 N–H and O–H groups in total. The van der Waals surface area contributed by atoms with Crippen LogP contribution in [0.5, 0.6) is 5.75 Å². The van der Waals surface area contributed by atoms with E-state index in [1.54, 1.807) is 25.3 Å². The minimum Gasteiger partial charge on any atom is -0.508 e. The zero-order valence-electron chi connectivity index (χ0n) is 10.6. The van der Waals surface area contributed by atoms with Crippen molar-refractivity contribution >= 4 is 5.91 Å². The van der Waals surface area contributed by atoms with Crippen molar-refractivity contribution in [3.8, 4) is 5.75 Å². The molecule has 1 aliphatic rings. The fraction of sp³-hybridized carbons (Fsp3) is 0.500. The second-order valence-electron chi connectivity index (χ2n) is 4.74. The van der Waals surface area contributed by atoms with E-state index in [0.717, 1.165) is 32.5 Å². The quantitative estimate of drug-likeness (QED) is 0.890. The Labute approximate surface area is 107 Å². The molecule has 4 heteroatoms. The number of aromatic hydroxyl groups is 1. The Hall–Kier alpha value is -1.55. The van der Waals surface area contributed by atoms with Crippen molar-refractivity contribution in [1.82, 2.24) is 4.90 Å². The molecule has 18 heavy (non-hydrogen) atoms. The summed E-state index contributed by atoms with van der Waals surface area (Å²) in [6.07, 6.45) is 1.97. The number of amides is 1. The molecule has 1 heterocycles. The van der Waals surface area contributed by atoms with E-state index in [0.29, 0.717) is 11.5 Å². The SMILES string of the molecule is COCC1CCN(C(=O)c2cccc(O)c2)CC1. The van der Waals surface area contributed by atoms with Crippen molar-refractivity contribution in [3.63, 3.8) is 0 Å². The molecule has 0 aromatic heterocycles. The normalized spacial score (nSPS) is 16.8. The van der Waals surface area contributed by atoms with Crippen LogP contribution in [0.15, 0.2) is 24.3 Å². The van der Waals surface area contributed by atoms with Crippen LogP contribution in [0.4, 0.5) is 0 Å². The number of carbonyl (C=O) groups excluding carboxylic acids is 1. The summed E-state index contributed by atoms with van der Waals surface area (Å²) in [5.41, 5.74) is 0.556. The lowest BCUT2D eigenvalue weighted by atomic mass is 9.97. The molecule has 0 spiro atoms. The van der Waals surface area contributed by atoms with Gasteiger partial charge in [-0.25, -0.2) is 0 Å². The van der Waals surface area contributed by atoms with E-state index in [1.807, 2.05) is 4.90 Å². The number of rotatable bonds is 3. The van der Waals surface area contributed by atoms with Gasteiger partial charge in [0, 0.05) is 32.4 Å². The molecule has 1 saturated heterocycles. The van der Waals surface area contributed by atoms with Crippen molar-refractivity contribution < 1.29 is 14.6 Å². The Morgan fingerprint density at radius 1 is 1.44 bits per heavy atom. The first-order valence-corrected chi connectivity index (χ1v) is 6.28. The summed E-state index contributed by atoms with van der Waals surface area (Å²) >= 11 is 0. The summed E-state index contributed by atoms with van der Waals surface area (Å²) in [4.78, 5) is 14.0. The number of benzene rings is 1. The van der Waals surface area contributed by atoms with E-state index in [2.05, 4.69) is 0 Å². The number of piperidine rings is 1. The molecule has 1 aliphatic heterocycles. The maximum Gasteiger partial charge on any atom is 0.253 e. The zero-order valence-corrected chi connectivity index (χ0v) is 10.6. The Balaban J connectivity index is 1.95. The van der Waals surface area contributed by atoms with E-state index in [4.69, 9.17) is 4.74 Å². The van der Waals surface area contributed by atoms with Gasteiger partial charge in [-0.3, -0.25) is 4.79 Å². The fourth-order valence-corrected chi connectivity index (χ4v) is 2.36. The number of phenolic OH excluding ortho intramolecular Hbond substituents is 1. The highest BCUT2D eigenvalue weighted by atomic mass is 16.5. The third-order valence-electron chi connectivity index (χ3n) is 3.40. The first kappa shape index (κ1) is 12.9. The van der Waals surface area contributed by atoms with Crippen molar-refractivity contribution in [2.24, 2.45) is 5.92 Å². The van der Waals surface area contributed by atoms with E-state index >= 15 is 0 Å². The van der Waals surface area contributed by atoms with Crippen LogP contribution in [0.3, 0.4) is 0 Å². The van der Waals surface area contributed by atoms with E-state index < -0.39 is 0 Å². The summed E-state index contributed by atoms with van der Waals surface area (Å²) in [5, 5.41) is 9.39. The molecular weight excluding hydrogens is 230 g/mol. The van der Waals surface area contributed by atoms with Gasteiger partial charge in [0.1, 0.15) is 5.75 Å². The van der Waals surface area contributed by atoms with Crippen molar-refractivity contribution in [1.29, 1.82) is 0 Å². The van der Waals surface area contributed by atoms with Gasteiger partial charge in [0.2, 0.25) is 0 Å². The second kappa shape index (κ2) is 5.87. The summed E-state index contributed by atoms with van der Waals surface area (Å²) in [6.45, 7) is 2.30. The van der Waals surface area contributed by atoms with Crippen LogP contribution in [-0.4, -0.2) is 42.7 Å². The Kier molecular flexibility index (Phi) is 4.20. The number of ether oxygens (including phenoxy) is 1. The van der Waals surface area contributed by atoms with Crippen molar-refractivity contribution in [2.75, 3.05) is 26.8 Å². The maximum absolute atomic E-state index is 12.2. The standard InChI is InChI=1S/C14H19NO3/c1-18-10-11-5-7-15(8-6-11)14(17)12-3-2-4-13(16)9-12/h2-4,9,11,16H,5-8,10H2,1H3. The molecule has 1 amide bonds. The lowest BCUT2D eigenvalue weighted by Crippen LogP contribution is -2.39. The third kappa shape index (κ3) is 3.01. The number of nitrogens with zero attached hydrogens (tertiary/aromatic N) is 1. The number of carbonyl (C=O) groups is 1. The highest BCUT2D eigenvalue weighted by Crippen LogP contribution is 2.20. The molecule has 0 saturated carbocycles. The van der Waals surface area contributed by atoms with Crippen LogP contribution >= 0.6 is 0 Å². The zero-order chi connectivity index (χ0) is 13.0. The van der Waals surface area contributed by atoms with Crippen LogP contribution in [0.2, 0.25) is 0 Å². The monoisotopic (exact) mass is 249 g/mol. The smallest absolute Gasteiger partial charge is 0.253 e. The molecule has 0 aliphatic carbocycles. The number of phenols is 1. The molecule has 0 unspecified atom stereocenters. The summed E-state index contributed by atoms with van der Waals surface area (Å²) in [7, 11) is 1.71. The average Bonchev–Trinajstić information content (AvgIpc) is 2.39. The van der Waals surface area contributed by atoms with Crippen molar-refractivity contribution in [3.05, 3.63) is 29.8 Å². The van der Waals surface area contributed by atoms with Gasteiger partial charge < -0.3 is 14.7 Å². The molecule has 98 valence electrons. The molecule has 2 rings (SSSR count). The Morgan fingerprint density at radius 2 is 2.17 bits per heavy atom. The van der Waals surface area contributed by atoms with Gasteiger partial charge in [-0.15, -0.1) is 0 Å². The van der Waals surface area contributed by atoms with Crippen LogP contribution < -0.4 is 0 Å². The van der Waals surface area contributed by atoms with Gasteiger partial charge in [-0.2, -0.15) is 0 Å². The van der Waals surface area contributed by atoms with E-state index in [9.17, 15) is 9.90 Å². The highest BCUT2D eigenvalue weighted by Gasteiger charge is 2.23. The lowest BCUT2D eigenvalue weighted by Gasteiger charge is -2.31. The highest BCUT2D eigenvalue weighted by molar-refractivity contribution is 5.94. The Morgan fingerprint density at radius 3 is 2.78 bits per heavy atom. The maximum atomic E-state index is 12.2. The van der Waals surface area contributed by atoms with Crippen LogP contribution in [-0.2, 0) is 4.74 Å². The largest absolute Gasteiger partial charge is 0.508 e. The predicted octanol–water partition coefficient (Wildman–Crippen LogP) is 1.89. The van der Waals surface area contributed by atoms with Gasteiger partial charge in [0.15, 0.2) is 0 Å². The first-order chi connectivity index (χ1) is 8.70.